The number of pyridine rings is 1. The Morgan fingerprint density at radius 2 is 1.84 bits per heavy atom. The molecule has 0 fully saturated rings. The van der Waals surface area contributed by atoms with Gasteiger partial charge in [0.15, 0.2) is 11.6 Å². The summed E-state index contributed by atoms with van der Waals surface area (Å²) in [6.07, 6.45) is 2.77. The lowest BCUT2D eigenvalue weighted by molar-refractivity contribution is 0.0950. The van der Waals surface area contributed by atoms with Crippen LogP contribution in [0.5, 0.6) is 5.75 Å². The molecule has 1 aromatic heterocycles. The molecular formula is C21H19F2N3O4S. The fourth-order valence-corrected chi connectivity index (χ4v) is 4.01. The predicted molar refractivity (Wildman–Crippen MR) is 111 cm³/mol. The number of ether oxygens (including phenoxy) is 1. The van der Waals surface area contributed by atoms with E-state index in [1.807, 2.05) is 0 Å². The summed E-state index contributed by atoms with van der Waals surface area (Å²) < 4.78 is 59.0. The molecule has 0 aliphatic rings. The van der Waals surface area contributed by atoms with Crippen molar-refractivity contribution < 1.29 is 26.7 Å². The average molecular weight is 447 g/mol. The number of carbonyl (C=O) groups excluding carboxylic acids is 1. The Bertz CT molecular complexity index is 1200. The number of aromatic nitrogens is 1. The van der Waals surface area contributed by atoms with Crippen LogP contribution in [0.25, 0.3) is 0 Å². The maximum absolute atomic E-state index is 13.3. The Hall–Kier alpha value is -3.53. The van der Waals surface area contributed by atoms with Crippen LogP contribution in [0.1, 0.15) is 21.5 Å². The molecule has 162 valence electrons. The molecule has 31 heavy (non-hydrogen) atoms. The summed E-state index contributed by atoms with van der Waals surface area (Å²) in [5.74, 6) is -2.62. The van der Waals surface area contributed by atoms with Crippen molar-refractivity contribution in [1.82, 2.24) is 10.3 Å². The highest BCUT2D eigenvalue weighted by Crippen LogP contribution is 2.19. The van der Waals surface area contributed by atoms with E-state index in [1.165, 1.54) is 43.8 Å². The van der Waals surface area contributed by atoms with E-state index in [0.29, 0.717) is 11.3 Å². The summed E-state index contributed by atoms with van der Waals surface area (Å²) in [4.78, 5) is 16.5. The van der Waals surface area contributed by atoms with Crippen LogP contribution in [0.2, 0.25) is 0 Å². The number of hydrogen-bond donors (Lipinski definition) is 2. The smallest absolute Gasteiger partial charge is 0.251 e. The monoisotopic (exact) mass is 447 g/mol. The van der Waals surface area contributed by atoms with E-state index in [1.54, 1.807) is 12.1 Å². The molecule has 0 aliphatic carbocycles. The summed E-state index contributed by atoms with van der Waals surface area (Å²) in [6, 6.07) is 11.0. The first-order valence-electron chi connectivity index (χ1n) is 9.07. The number of nitrogens with one attached hydrogen (secondary N) is 2. The zero-order valence-electron chi connectivity index (χ0n) is 16.4. The van der Waals surface area contributed by atoms with Gasteiger partial charge in [0.2, 0.25) is 10.0 Å². The molecule has 0 saturated carbocycles. The molecule has 0 radical (unpaired) electrons. The number of amides is 1. The summed E-state index contributed by atoms with van der Waals surface area (Å²) in [5.41, 5.74) is 1.01. The van der Waals surface area contributed by atoms with Gasteiger partial charge in [0, 0.05) is 18.2 Å². The molecule has 3 rings (SSSR count). The summed E-state index contributed by atoms with van der Waals surface area (Å²) >= 11 is 0. The third-order valence-electron chi connectivity index (χ3n) is 4.27. The molecule has 1 amide bonds. The molecule has 0 spiro atoms. The van der Waals surface area contributed by atoms with Crippen molar-refractivity contribution >= 4 is 21.6 Å². The van der Waals surface area contributed by atoms with Gasteiger partial charge < -0.3 is 10.1 Å². The van der Waals surface area contributed by atoms with E-state index >= 15 is 0 Å². The molecule has 2 N–H and O–H groups in total. The van der Waals surface area contributed by atoms with Gasteiger partial charge in [-0.05, 0) is 29.3 Å². The molecule has 10 heteroatoms. The Labute approximate surface area is 178 Å². The van der Waals surface area contributed by atoms with E-state index in [9.17, 15) is 22.0 Å². The highest BCUT2D eigenvalue weighted by Gasteiger charge is 2.18. The van der Waals surface area contributed by atoms with Gasteiger partial charge in [0.1, 0.15) is 5.75 Å². The Balaban J connectivity index is 1.72. The van der Waals surface area contributed by atoms with Gasteiger partial charge in [-0.25, -0.2) is 17.2 Å². The Kier molecular flexibility index (Phi) is 6.81. The third-order valence-corrected chi connectivity index (χ3v) is 5.50. The molecule has 2 aromatic carbocycles. The quantitative estimate of drug-likeness (QED) is 0.553. The molecule has 0 aliphatic heterocycles. The van der Waals surface area contributed by atoms with Crippen LogP contribution in [-0.2, 0) is 22.3 Å². The molecule has 0 unspecified atom stereocenters. The topological polar surface area (TPSA) is 97.4 Å². The number of sulfonamides is 1. The molecule has 0 saturated heterocycles. The van der Waals surface area contributed by atoms with Gasteiger partial charge in [0.25, 0.3) is 5.91 Å². The van der Waals surface area contributed by atoms with Gasteiger partial charge in [-0.1, -0.05) is 24.3 Å². The molecule has 1 heterocycles. The van der Waals surface area contributed by atoms with Crippen molar-refractivity contribution in [1.29, 1.82) is 0 Å². The lowest BCUT2D eigenvalue weighted by Crippen LogP contribution is -2.25. The van der Waals surface area contributed by atoms with Crippen molar-refractivity contribution in [3.63, 3.8) is 0 Å². The van der Waals surface area contributed by atoms with E-state index in [0.717, 1.165) is 12.1 Å². The lowest BCUT2D eigenvalue weighted by Gasteiger charge is -2.12. The summed E-state index contributed by atoms with van der Waals surface area (Å²) in [5, 5.41) is 2.58. The van der Waals surface area contributed by atoms with Crippen LogP contribution >= 0.6 is 0 Å². The number of anilines is 1. The van der Waals surface area contributed by atoms with Crippen LogP contribution < -0.4 is 14.8 Å². The van der Waals surface area contributed by atoms with Crippen LogP contribution in [0.3, 0.4) is 0 Å². The van der Waals surface area contributed by atoms with Crippen molar-refractivity contribution in [2.24, 2.45) is 0 Å². The second-order valence-electron chi connectivity index (χ2n) is 6.56. The molecule has 3 aromatic rings. The zero-order chi connectivity index (χ0) is 22.4. The standard InChI is InChI=1S/C21H19F2N3O4S/c1-30-17-9-16(11-24-12-17)26-31(28,29)13-15-4-2-3-5-18(15)21(27)25-10-14-6-7-19(22)20(23)8-14/h2-9,11-12,26H,10,13H2,1H3,(H,25,27). The first-order chi connectivity index (χ1) is 14.8. The van der Waals surface area contributed by atoms with Gasteiger partial charge >= 0.3 is 0 Å². The van der Waals surface area contributed by atoms with Crippen molar-refractivity contribution in [2.45, 2.75) is 12.3 Å². The average Bonchev–Trinajstić information content (AvgIpc) is 2.74. The van der Waals surface area contributed by atoms with Gasteiger partial charge in [-0.2, -0.15) is 0 Å². The maximum Gasteiger partial charge on any atom is 0.251 e. The SMILES string of the molecule is COc1cncc(NS(=O)(=O)Cc2ccccc2C(=O)NCc2ccc(F)c(F)c2)c1. The number of hydrogen-bond acceptors (Lipinski definition) is 5. The largest absolute Gasteiger partial charge is 0.495 e. The number of benzene rings is 2. The van der Waals surface area contributed by atoms with E-state index in [4.69, 9.17) is 4.74 Å². The molecular weight excluding hydrogens is 428 g/mol. The number of nitrogens with zero attached hydrogens (tertiary/aromatic N) is 1. The number of rotatable bonds is 8. The minimum atomic E-state index is -3.86. The van der Waals surface area contributed by atoms with E-state index < -0.39 is 33.3 Å². The maximum atomic E-state index is 13.3. The summed E-state index contributed by atoms with van der Waals surface area (Å²) in [7, 11) is -2.43. The number of halogens is 2. The van der Waals surface area contributed by atoms with Gasteiger partial charge in [-0.3, -0.25) is 14.5 Å². The first kappa shape index (κ1) is 22.2. The van der Waals surface area contributed by atoms with Crippen LogP contribution in [0.15, 0.2) is 60.9 Å². The van der Waals surface area contributed by atoms with Crippen LogP contribution in [-0.4, -0.2) is 26.4 Å². The van der Waals surface area contributed by atoms with E-state index in [-0.39, 0.29) is 23.4 Å². The Morgan fingerprint density at radius 1 is 1.06 bits per heavy atom. The zero-order valence-corrected chi connectivity index (χ0v) is 17.2. The minimum absolute atomic E-state index is 0.0507. The highest BCUT2D eigenvalue weighted by molar-refractivity contribution is 7.91. The highest BCUT2D eigenvalue weighted by atomic mass is 32.2. The Morgan fingerprint density at radius 3 is 2.58 bits per heavy atom. The normalized spacial score (nSPS) is 11.1. The fourth-order valence-electron chi connectivity index (χ4n) is 2.80. The second-order valence-corrected chi connectivity index (χ2v) is 8.29. The number of carbonyl (C=O) groups is 1. The predicted octanol–water partition coefficient (Wildman–Crippen LogP) is 3.24. The number of methoxy groups -OCH3 is 1. The summed E-state index contributed by atoms with van der Waals surface area (Å²) in [6.45, 7) is -0.0507. The van der Waals surface area contributed by atoms with Crippen LogP contribution in [0.4, 0.5) is 14.5 Å². The molecule has 0 bridgehead atoms. The van der Waals surface area contributed by atoms with Crippen molar-refractivity contribution in [3.8, 4) is 5.75 Å². The van der Waals surface area contributed by atoms with E-state index in [2.05, 4.69) is 15.0 Å². The minimum Gasteiger partial charge on any atom is -0.495 e. The van der Waals surface area contributed by atoms with Gasteiger partial charge in [-0.15, -0.1) is 0 Å². The van der Waals surface area contributed by atoms with Crippen molar-refractivity contribution in [2.75, 3.05) is 11.8 Å². The third kappa shape index (κ3) is 5.98. The van der Waals surface area contributed by atoms with Gasteiger partial charge in [0.05, 0.1) is 30.9 Å². The fraction of sp³-hybridized carbons (Fsp3) is 0.143. The lowest BCUT2D eigenvalue weighted by atomic mass is 10.1. The second kappa shape index (κ2) is 9.52. The van der Waals surface area contributed by atoms with Crippen LogP contribution in [0, 0.1) is 11.6 Å². The molecule has 0 atom stereocenters. The first-order valence-corrected chi connectivity index (χ1v) is 10.7. The molecule has 7 nitrogen and oxygen atoms in total. The van der Waals surface area contributed by atoms with Crippen molar-refractivity contribution in [3.05, 3.63) is 89.2 Å².